The van der Waals surface area contributed by atoms with Crippen LogP contribution in [0.15, 0.2) is 79.1 Å². The second kappa shape index (κ2) is 9.69. The largest absolute Gasteiger partial charge is 0.444 e. The molecule has 0 aliphatic carbocycles. The first-order valence-corrected chi connectivity index (χ1v) is 10.1. The van der Waals surface area contributed by atoms with Crippen LogP contribution >= 0.6 is 0 Å². The van der Waals surface area contributed by atoms with Crippen molar-refractivity contribution in [3.05, 3.63) is 106 Å². The van der Waals surface area contributed by atoms with Gasteiger partial charge in [0, 0.05) is 11.6 Å². The molecule has 1 aromatic heterocycles. The number of ether oxygens (including phenoxy) is 1. The maximum Gasteiger partial charge on any atom is 0.339 e. The fraction of sp³-hybridized carbons (Fsp3) is 0.0870. The Morgan fingerprint density at radius 1 is 1.06 bits per heavy atom. The number of anilines is 1. The van der Waals surface area contributed by atoms with Gasteiger partial charge in [-0.05, 0) is 53.2 Å². The van der Waals surface area contributed by atoms with Gasteiger partial charge in [0.1, 0.15) is 12.0 Å². The van der Waals surface area contributed by atoms with Crippen LogP contribution in [0, 0.1) is 17.0 Å². The Labute approximate surface area is 193 Å². The molecule has 11 nitrogen and oxygen atoms in total. The van der Waals surface area contributed by atoms with Crippen molar-refractivity contribution in [2.45, 2.75) is 13.0 Å². The third kappa shape index (κ3) is 4.93. The molecule has 3 aromatic carbocycles. The molecule has 0 saturated heterocycles. The van der Waals surface area contributed by atoms with Crippen LogP contribution in [-0.2, 0) is 9.53 Å². The Bertz CT molecular complexity index is 1320. The number of nitrogens with zero attached hydrogens (tertiary/aromatic N) is 5. The average Bonchev–Trinajstić information content (AvgIpc) is 3.39. The van der Waals surface area contributed by atoms with Crippen LogP contribution in [0.3, 0.4) is 0 Å². The predicted octanol–water partition coefficient (Wildman–Crippen LogP) is 3.42. The van der Waals surface area contributed by atoms with E-state index in [1.807, 2.05) is 0 Å². The Kier molecular flexibility index (Phi) is 6.35. The number of amides is 1. The van der Waals surface area contributed by atoms with E-state index >= 15 is 0 Å². The number of esters is 1. The van der Waals surface area contributed by atoms with Crippen molar-refractivity contribution in [2.75, 3.05) is 5.32 Å². The quantitative estimate of drug-likeness (QED) is 0.252. The van der Waals surface area contributed by atoms with Crippen LogP contribution in [0.2, 0.25) is 0 Å². The second-order valence-electron chi connectivity index (χ2n) is 7.26. The van der Waals surface area contributed by atoms with E-state index in [1.165, 1.54) is 35.3 Å². The minimum atomic E-state index is -1.34. The zero-order valence-electron chi connectivity index (χ0n) is 17.9. The van der Waals surface area contributed by atoms with E-state index in [-0.39, 0.29) is 16.9 Å². The summed E-state index contributed by atoms with van der Waals surface area (Å²) in [5, 5.41) is 24.8. The molecule has 1 amide bonds. The van der Waals surface area contributed by atoms with Crippen molar-refractivity contribution in [2.24, 2.45) is 0 Å². The summed E-state index contributed by atoms with van der Waals surface area (Å²) in [5.41, 5.74) is 1.65. The smallest absolute Gasteiger partial charge is 0.339 e. The third-order valence-electron chi connectivity index (χ3n) is 4.89. The van der Waals surface area contributed by atoms with Gasteiger partial charge < -0.3 is 10.1 Å². The van der Waals surface area contributed by atoms with Gasteiger partial charge in [0.25, 0.3) is 11.6 Å². The molecule has 0 aliphatic heterocycles. The number of benzene rings is 3. The van der Waals surface area contributed by atoms with Crippen molar-refractivity contribution in [1.29, 1.82) is 0 Å². The number of nitro benzene ring substituents is 1. The summed E-state index contributed by atoms with van der Waals surface area (Å²) in [6.07, 6.45) is 0.0710. The first-order chi connectivity index (χ1) is 16.4. The number of nitrogens with one attached hydrogen (secondary N) is 1. The number of tetrazole rings is 1. The normalized spacial score (nSPS) is 11.4. The van der Waals surface area contributed by atoms with E-state index in [0.29, 0.717) is 16.8 Å². The fourth-order valence-electron chi connectivity index (χ4n) is 3.20. The van der Waals surface area contributed by atoms with Crippen LogP contribution in [0.4, 0.5) is 11.4 Å². The standard InChI is InChI=1S/C23H18N6O5/c1-15-7-12-19(20(13-15)29(32)33)25-22(30)21(16-5-3-2-4-6-16)34-23(31)17-8-10-18(11-9-17)28-14-24-26-27-28/h2-14,21H,1H3,(H,25,30). The molecule has 0 saturated carbocycles. The Balaban J connectivity index is 1.58. The maximum atomic E-state index is 13.1. The lowest BCUT2D eigenvalue weighted by Crippen LogP contribution is -2.26. The first-order valence-electron chi connectivity index (χ1n) is 10.1. The molecule has 0 fully saturated rings. The second-order valence-corrected chi connectivity index (χ2v) is 7.26. The fourth-order valence-corrected chi connectivity index (χ4v) is 3.20. The highest BCUT2D eigenvalue weighted by Gasteiger charge is 2.28. The summed E-state index contributed by atoms with van der Waals surface area (Å²) in [6, 6.07) is 19.1. The number of nitro groups is 1. The number of rotatable bonds is 7. The summed E-state index contributed by atoms with van der Waals surface area (Å²) in [4.78, 5) is 36.8. The summed E-state index contributed by atoms with van der Waals surface area (Å²) in [7, 11) is 0. The lowest BCUT2D eigenvalue weighted by atomic mass is 10.1. The van der Waals surface area contributed by atoms with Crippen LogP contribution < -0.4 is 5.32 Å². The highest BCUT2D eigenvalue weighted by Crippen LogP contribution is 2.28. The summed E-state index contributed by atoms with van der Waals surface area (Å²) >= 11 is 0. The molecule has 1 N–H and O–H groups in total. The monoisotopic (exact) mass is 458 g/mol. The SMILES string of the molecule is Cc1ccc(NC(=O)C(OC(=O)c2ccc(-n3cnnn3)cc2)c2ccccc2)c([N+](=O)[O-])c1. The number of carbonyl (C=O) groups excluding carboxylic acids is 2. The highest BCUT2D eigenvalue weighted by molar-refractivity contribution is 5.99. The van der Waals surface area contributed by atoms with E-state index in [2.05, 4.69) is 20.8 Å². The number of hydrogen-bond donors (Lipinski definition) is 1. The maximum absolute atomic E-state index is 13.1. The van der Waals surface area contributed by atoms with Crippen molar-refractivity contribution < 1.29 is 19.2 Å². The summed E-state index contributed by atoms with van der Waals surface area (Å²) < 4.78 is 6.96. The zero-order valence-corrected chi connectivity index (χ0v) is 17.9. The summed E-state index contributed by atoms with van der Waals surface area (Å²) in [6.45, 7) is 1.71. The van der Waals surface area contributed by atoms with E-state index < -0.39 is 22.9 Å². The molecule has 0 aliphatic rings. The lowest BCUT2D eigenvalue weighted by Gasteiger charge is -2.18. The van der Waals surface area contributed by atoms with Crippen molar-refractivity contribution in [1.82, 2.24) is 20.2 Å². The number of carbonyl (C=O) groups is 2. The minimum Gasteiger partial charge on any atom is -0.444 e. The Hall–Kier alpha value is -4.93. The third-order valence-corrected chi connectivity index (χ3v) is 4.89. The Morgan fingerprint density at radius 3 is 2.44 bits per heavy atom. The molecule has 1 unspecified atom stereocenters. The molecule has 4 aromatic rings. The number of aryl methyl sites for hydroxylation is 1. The average molecular weight is 458 g/mol. The van der Waals surface area contributed by atoms with Gasteiger partial charge in [0.2, 0.25) is 6.10 Å². The first kappa shape index (κ1) is 22.3. The summed E-state index contributed by atoms with van der Waals surface area (Å²) in [5.74, 6) is -1.47. The lowest BCUT2D eigenvalue weighted by molar-refractivity contribution is -0.384. The molecule has 0 spiro atoms. The van der Waals surface area contributed by atoms with Crippen LogP contribution in [0.1, 0.15) is 27.6 Å². The molecule has 1 heterocycles. The molecule has 4 rings (SSSR count). The van der Waals surface area contributed by atoms with Crippen molar-refractivity contribution >= 4 is 23.3 Å². The molecule has 11 heteroatoms. The molecule has 0 radical (unpaired) electrons. The topological polar surface area (TPSA) is 142 Å². The van der Waals surface area contributed by atoms with E-state index in [1.54, 1.807) is 55.5 Å². The van der Waals surface area contributed by atoms with Gasteiger partial charge >= 0.3 is 5.97 Å². The van der Waals surface area contributed by atoms with Gasteiger partial charge in [0.05, 0.1) is 16.2 Å². The highest BCUT2D eigenvalue weighted by atomic mass is 16.6. The van der Waals surface area contributed by atoms with Gasteiger partial charge in [-0.2, -0.15) is 0 Å². The molecule has 0 bridgehead atoms. The van der Waals surface area contributed by atoms with Crippen LogP contribution in [0.25, 0.3) is 5.69 Å². The van der Waals surface area contributed by atoms with Crippen LogP contribution in [-0.4, -0.2) is 37.0 Å². The van der Waals surface area contributed by atoms with Gasteiger partial charge in [-0.15, -0.1) is 5.10 Å². The van der Waals surface area contributed by atoms with E-state index in [9.17, 15) is 19.7 Å². The Morgan fingerprint density at radius 2 is 1.79 bits per heavy atom. The van der Waals surface area contributed by atoms with Gasteiger partial charge in [-0.25, -0.2) is 9.48 Å². The molecular weight excluding hydrogens is 440 g/mol. The van der Waals surface area contributed by atoms with Crippen molar-refractivity contribution in [3.63, 3.8) is 0 Å². The van der Waals surface area contributed by atoms with E-state index in [4.69, 9.17) is 4.74 Å². The zero-order chi connectivity index (χ0) is 24.1. The predicted molar refractivity (Wildman–Crippen MR) is 120 cm³/mol. The van der Waals surface area contributed by atoms with Crippen molar-refractivity contribution in [3.8, 4) is 5.69 Å². The van der Waals surface area contributed by atoms with Gasteiger partial charge in [-0.1, -0.05) is 36.4 Å². The van der Waals surface area contributed by atoms with Gasteiger partial charge in [-0.3, -0.25) is 14.9 Å². The molecule has 170 valence electrons. The minimum absolute atomic E-state index is 0.00312. The van der Waals surface area contributed by atoms with E-state index in [0.717, 1.165) is 0 Å². The molecular formula is C23H18N6O5. The molecule has 34 heavy (non-hydrogen) atoms. The van der Waals surface area contributed by atoms with Crippen LogP contribution in [0.5, 0.6) is 0 Å². The number of aromatic nitrogens is 4. The van der Waals surface area contributed by atoms with Gasteiger partial charge in [0.15, 0.2) is 0 Å². The number of hydrogen-bond acceptors (Lipinski definition) is 8. The molecule has 1 atom stereocenters.